The summed E-state index contributed by atoms with van der Waals surface area (Å²) in [5.41, 5.74) is 0.443. The Bertz CT molecular complexity index is 692. The van der Waals surface area contributed by atoms with Crippen LogP contribution in [0.5, 0.6) is 0 Å². The first-order valence-electron chi connectivity index (χ1n) is 13.8. The Morgan fingerprint density at radius 3 is 2.25 bits per heavy atom. The highest BCUT2D eigenvalue weighted by Gasteiger charge is 2.63. The number of nitrogens with zero attached hydrogens (tertiary/aromatic N) is 2. The van der Waals surface area contributed by atoms with Gasteiger partial charge in [0.2, 0.25) is 0 Å². The first kappa shape index (κ1) is 22.3. The van der Waals surface area contributed by atoms with Gasteiger partial charge < -0.3 is 14.9 Å². The van der Waals surface area contributed by atoms with Crippen LogP contribution in [0.4, 0.5) is 0 Å². The maximum Gasteiger partial charge on any atom is 0.0751 e. The topological polar surface area (TPSA) is 56.2 Å². The minimum atomic E-state index is -0.176. The minimum Gasteiger partial charge on any atom is -0.391 e. The van der Waals surface area contributed by atoms with Crippen molar-refractivity contribution in [2.75, 3.05) is 39.4 Å². The molecule has 5 heteroatoms. The monoisotopic (exact) mass is 446 g/mol. The van der Waals surface area contributed by atoms with Gasteiger partial charge in [0.15, 0.2) is 0 Å². The van der Waals surface area contributed by atoms with Gasteiger partial charge in [0.1, 0.15) is 0 Å². The third-order valence-corrected chi connectivity index (χ3v) is 11.8. The van der Waals surface area contributed by atoms with Crippen molar-refractivity contribution in [3.05, 3.63) is 0 Å². The van der Waals surface area contributed by atoms with Crippen LogP contribution >= 0.6 is 0 Å². The molecule has 2 aliphatic heterocycles. The third-order valence-electron chi connectivity index (χ3n) is 11.8. The summed E-state index contributed by atoms with van der Waals surface area (Å²) in [6.45, 7) is 11.0. The number of fused-ring (bicyclic) bond motifs is 5. The van der Waals surface area contributed by atoms with Crippen molar-refractivity contribution in [3.8, 4) is 0 Å². The number of hydrogen-bond donors (Lipinski definition) is 2. The third kappa shape index (κ3) is 3.28. The smallest absolute Gasteiger partial charge is 0.0751 e. The molecule has 0 aromatic rings. The summed E-state index contributed by atoms with van der Waals surface area (Å²) in [5, 5.41) is 22.7. The second kappa shape index (κ2) is 8.19. The van der Waals surface area contributed by atoms with E-state index in [-0.39, 0.29) is 17.6 Å². The molecule has 6 fully saturated rings. The number of likely N-dealkylation sites (tertiary alicyclic amines) is 1. The van der Waals surface area contributed by atoms with Crippen LogP contribution in [0.25, 0.3) is 0 Å². The van der Waals surface area contributed by atoms with E-state index in [4.69, 9.17) is 4.74 Å². The van der Waals surface area contributed by atoms with Gasteiger partial charge in [0.05, 0.1) is 25.4 Å². The van der Waals surface area contributed by atoms with E-state index in [9.17, 15) is 10.2 Å². The molecule has 0 radical (unpaired) electrons. The van der Waals surface area contributed by atoms with E-state index in [1.807, 2.05) is 0 Å². The van der Waals surface area contributed by atoms with Crippen LogP contribution in [0.3, 0.4) is 0 Å². The van der Waals surface area contributed by atoms with Crippen LogP contribution < -0.4 is 0 Å². The summed E-state index contributed by atoms with van der Waals surface area (Å²) >= 11 is 0. The molecule has 0 aromatic heterocycles. The largest absolute Gasteiger partial charge is 0.391 e. The van der Waals surface area contributed by atoms with Crippen molar-refractivity contribution in [1.82, 2.24) is 9.80 Å². The van der Waals surface area contributed by atoms with Crippen LogP contribution in [0, 0.1) is 34.5 Å². The average molecular weight is 447 g/mol. The zero-order valence-electron chi connectivity index (χ0n) is 20.4. The predicted molar refractivity (Wildman–Crippen MR) is 125 cm³/mol. The highest BCUT2D eigenvalue weighted by Crippen LogP contribution is 2.66. The highest BCUT2D eigenvalue weighted by atomic mass is 16.5. The minimum absolute atomic E-state index is 0.107. The number of morpholine rings is 1. The van der Waals surface area contributed by atoms with Crippen molar-refractivity contribution in [2.45, 2.75) is 95.9 Å². The lowest BCUT2D eigenvalue weighted by atomic mass is 9.44. The summed E-state index contributed by atoms with van der Waals surface area (Å²) in [4.78, 5) is 5.16. The summed E-state index contributed by atoms with van der Waals surface area (Å²) in [6, 6.07) is 0.699. The van der Waals surface area contributed by atoms with Crippen molar-refractivity contribution in [3.63, 3.8) is 0 Å². The molecule has 10 atom stereocenters. The average Bonchev–Trinajstić information content (AvgIpc) is 3.41. The Morgan fingerprint density at radius 1 is 0.781 bits per heavy atom. The lowest BCUT2D eigenvalue weighted by Gasteiger charge is -2.62. The van der Waals surface area contributed by atoms with Crippen LogP contribution in [0.15, 0.2) is 0 Å². The second-order valence-electron chi connectivity index (χ2n) is 12.9. The van der Waals surface area contributed by atoms with Gasteiger partial charge in [-0.05, 0) is 105 Å². The second-order valence-corrected chi connectivity index (χ2v) is 12.9. The maximum absolute atomic E-state index is 11.5. The van der Waals surface area contributed by atoms with Gasteiger partial charge in [-0.1, -0.05) is 13.8 Å². The lowest BCUT2D eigenvalue weighted by Crippen LogP contribution is -2.61. The van der Waals surface area contributed by atoms with Crippen molar-refractivity contribution in [2.24, 2.45) is 34.5 Å². The molecule has 0 spiro atoms. The molecule has 4 aliphatic carbocycles. The summed E-state index contributed by atoms with van der Waals surface area (Å²) in [5.74, 6) is 2.87. The predicted octanol–water partition coefficient (Wildman–Crippen LogP) is 3.14. The quantitative estimate of drug-likeness (QED) is 0.683. The number of hydrogen-bond acceptors (Lipinski definition) is 5. The molecule has 182 valence electrons. The molecule has 32 heavy (non-hydrogen) atoms. The zero-order valence-corrected chi connectivity index (χ0v) is 20.4. The highest BCUT2D eigenvalue weighted by molar-refractivity contribution is 5.14. The molecule has 2 saturated heterocycles. The standard InChI is InChI=1S/C27H46N2O3/c1-26-8-7-20-19(21(26)16-22(25(26)31)28-9-3-4-10-28)6-5-18-15-24(30)23(17-27(18,20)2)29-11-13-32-14-12-29/h18-25,30-31H,3-17H2,1-2H3/t18?,19?,20?,21?,22-,23?,24+,25+,26+,27+/m1/s1. The number of rotatable bonds is 2. The molecule has 2 heterocycles. The molecule has 5 unspecified atom stereocenters. The van der Waals surface area contributed by atoms with E-state index >= 15 is 0 Å². The van der Waals surface area contributed by atoms with Gasteiger partial charge in [-0.3, -0.25) is 9.80 Å². The lowest BCUT2D eigenvalue weighted by molar-refractivity contribution is -0.158. The van der Waals surface area contributed by atoms with Gasteiger partial charge >= 0.3 is 0 Å². The maximum atomic E-state index is 11.5. The number of ether oxygens (including phenoxy) is 1. The normalized spacial score (nSPS) is 54.8. The Hall–Kier alpha value is -0.200. The van der Waals surface area contributed by atoms with Gasteiger partial charge in [-0.15, -0.1) is 0 Å². The van der Waals surface area contributed by atoms with Crippen LogP contribution in [-0.4, -0.2) is 83.7 Å². The molecular weight excluding hydrogens is 400 g/mol. The molecule has 5 nitrogen and oxygen atoms in total. The molecule has 6 aliphatic rings. The molecule has 0 amide bonds. The van der Waals surface area contributed by atoms with Crippen molar-refractivity contribution in [1.29, 1.82) is 0 Å². The Kier molecular flexibility index (Phi) is 5.70. The number of aliphatic hydroxyl groups is 2. The summed E-state index contributed by atoms with van der Waals surface area (Å²) in [6.07, 6.45) is 10.7. The fraction of sp³-hybridized carbons (Fsp3) is 1.00. The van der Waals surface area contributed by atoms with Gasteiger partial charge in [-0.2, -0.15) is 0 Å². The molecule has 0 aromatic carbocycles. The van der Waals surface area contributed by atoms with Crippen LogP contribution in [-0.2, 0) is 4.74 Å². The molecule has 0 bridgehead atoms. The first-order valence-corrected chi connectivity index (χ1v) is 13.8. The summed E-state index contributed by atoms with van der Waals surface area (Å²) in [7, 11) is 0. The van der Waals surface area contributed by atoms with Gasteiger partial charge in [-0.25, -0.2) is 0 Å². The Labute approximate surface area is 194 Å². The Morgan fingerprint density at radius 2 is 1.50 bits per heavy atom. The van der Waals surface area contributed by atoms with Crippen molar-refractivity contribution >= 4 is 0 Å². The fourth-order valence-electron chi connectivity index (χ4n) is 9.97. The van der Waals surface area contributed by atoms with E-state index in [1.54, 1.807) is 0 Å². The first-order chi connectivity index (χ1) is 15.4. The van der Waals surface area contributed by atoms with Crippen LogP contribution in [0.2, 0.25) is 0 Å². The van der Waals surface area contributed by atoms with Gasteiger partial charge in [0.25, 0.3) is 0 Å². The molecule has 6 rings (SSSR count). The SMILES string of the molecule is C[C@]12CC(N3CCOCC3)[C@@H](O)CC1CCC1C2CC[C@@]2(C)C1C[C@@H](N1CCCC1)[C@@H]2O. The Balaban J connectivity index is 1.25. The van der Waals surface area contributed by atoms with E-state index in [0.717, 1.165) is 51.0 Å². The van der Waals surface area contributed by atoms with E-state index in [0.29, 0.717) is 29.3 Å². The van der Waals surface area contributed by atoms with E-state index in [1.165, 1.54) is 58.0 Å². The van der Waals surface area contributed by atoms with Crippen molar-refractivity contribution < 1.29 is 14.9 Å². The van der Waals surface area contributed by atoms with E-state index in [2.05, 4.69) is 23.6 Å². The van der Waals surface area contributed by atoms with E-state index < -0.39 is 0 Å². The number of aliphatic hydroxyl groups excluding tert-OH is 2. The van der Waals surface area contributed by atoms with Crippen LogP contribution in [0.1, 0.15) is 71.6 Å². The fourth-order valence-corrected chi connectivity index (χ4v) is 9.97. The van der Waals surface area contributed by atoms with Gasteiger partial charge in [0, 0.05) is 25.2 Å². The summed E-state index contributed by atoms with van der Waals surface area (Å²) < 4.78 is 5.61. The molecule has 2 N–H and O–H groups in total. The molecule has 4 saturated carbocycles. The zero-order chi connectivity index (χ0) is 22.1. The molecular formula is C27H46N2O3.